The maximum Gasteiger partial charge on any atom is 0.143 e. The third-order valence-corrected chi connectivity index (χ3v) is 3.21. The molecule has 0 unspecified atom stereocenters. The molecule has 1 rings (SSSR count). The SMILES string of the molecule is C=C(Br)CNCc1cc(Br)c(O)c(Br)c1. The zero-order valence-corrected chi connectivity index (χ0v) is 12.6. The van der Waals surface area contributed by atoms with Gasteiger partial charge in [-0.05, 0) is 49.6 Å². The molecule has 0 radical (unpaired) electrons. The molecule has 0 fully saturated rings. The fourth-order valence-electron chi connectivity index (χ4n) is 1.06. The summed E-state index contributed by atoms with van der Waals surface area (Å²) in [5.41, 5.74) is 1.08. The lowest BCUT2D eigenvalue weighted by atomic mass is 10.2. The molecule has 0 bridgehead atoms. The first kappa shape index (κ1) is 13.2. The smallest absolute Gasteiger partial charge is 0.143 e. The van der Waals surface area contributed by atoms with Crippen molar-refractivity contribution >= 4 is 47.8 Å². The molecule has 0 heterocycles. The van der Waals surface area contributed by atoms with Crippen LogP contribution in [0, 0.1) is 0 Å². The van der Waals surface area contributed by atoms with Gasteiger partial charge in [0.2, 0.25) is 0 Å². The predicted octanol–water partition coefficient (Wildman–Crippen LogP) is 3.92. The van der Waals surface area contributed by atoms with Crippen LogP contribution in [0.25, 0.3) is 0 Å². The highest BCUT2D eigenvalue weighted by atomic mass is 79.9. The van der Waals surface area contributed by atoms with Crippen molar-refractivity contribution < 1.29 is 5.11 Å². The van der Waals surface area contributed by atoms with Crippen LogP contribution in [0.3, 0.4) is 0 Å². The maximum atomic E-state index is 9.51. The molecule has 2 N–H and O–H groups in total. The van der Waals surface area contributed by atoms with Gasteiger partial charge >= 0.3 is 0 Å². The minimum atomic E-state index is 0.226. The van der Waals surface area contributed by atoms with E-state index in [2.05, 4.69) is 59.7 Å². The molecule has 1 aromatic carbocycles. The summed E-state index contributed by atoms with van der Waals surface area (Å²) in [6.07, 6.45) is 0. The standard InChI is InChI=1S/C10H10Br3NO/c1-6(11)4-14-5-7-2-8(12)10(15)9(13)3-7/h2-3,14-15H,1,4-5H2. The Balaban J connectivity index is 2.66. The van der Waals surface area contributed by atoms with E-state index in [1.807, 2.05) is 12.1 Å². The molecule has 0 saturated heterocycles. The number of hydrogen-bond donors (Lipinski definition) is 2. The van der Waals surface area contributed by atoms with Crippen LogP contribution < -0.4 is 5.32 Å². The first-order valence-electron chi connectivity index (χ1n) is 4.21. The molecule has 0 saturated carbocycles. The van der Waals surface area contributed by atoms with Gasteiger partial charge in [0.15, 0.2) is 0 Å². The second kappa shape index (κ2) is 6.03. The van der Waals surface area contributed by atoms with Crippen LogP contribution >= 0.6 is 47.8 Å². The van der Waals surface area contributed by atoms with Crippen LogP contribution in [0.5, 0.6) is 5.75 Å². The van der Waals surface area contributed by atoms with E-state index in [1.165, 1.54) is 0 Å². The molecule has 0 amide bonds. The second-order valence-corrected chi connectivity index (χ2v) is 5.86. The summed E-state index contributed by atoms with van der Waals surface area (Å²) in [6.45, 7) is 5.17. The van der Waals surface area contributed by atoms with Gasteiger partial charge in [-0.3, -0.25) is 0 Å². The number of hydrogen-bond acceptors (Lipinski definition) is 2. The van der Waals surface area contributed by atoms with Gasteiger partial charge in [-0.2, -0.15) is 0 Å². The van der Waals surface area contributed by atoms with Crippen LogP contribution in [0.1, 0.15) is 5.56 Å². The largest absolute Gasteiger partial charge is 0.506 e. The first-order chi connectivity index (χ1) is 7.00. The summed E-state index contributed by atoms with van der Waals surface area (Å²) in [6, 6.07) is 3.76. The zero-order valence-electron chi connectivity index (χ0n) is 7.86. The van der Waals surface area contributed by atoms with Gasteiger partial charge in [-0.25, -0.2) is 0 Å². The van der Waals surface area contributed by atoms with Crippen molar-refractivity contribution in [1.82, 2.24) is 5.32 Å². The summed E-state index contributed by atoms with van der Waals surface area (Å²) in [5.74, 6) is 0.226. The Morgan fingerprint density at radius 2 is 1.87 bits per heavy atom. The lowest BCUT2D eigenvalue weighted by Crippen LogP contribution is -2.14. The van der Waals surface area contributed by atoms with E-state index in [0.29, 0.717) is 8.95 Å². The molecule has 0 spiro atoms. The molecule has 1 aromatic rings. The Labute approximate surface area is 114 Å². The molecule has 15 heavy (non-hydrogen) atoms. The average molecular weight is 400 g/mol. The number of rotatable bonds is 4. The normalized spacial score (nSPS) is 10.3. The van der Waals surface area contributed by atoms with E-state index in [9.17, 15) is 5.11 Å². The first-order valence-corrected chi connectivity index (χ1v) is 6.59. The monoisotopic (exact) mass is 397 g/mol. The van der Waals surface area contributed by atoms with Crippen molar-refractivity contribution in [3.05, 3.63) is 37.7 Å². The number of aromatic hydroxyl groups is 1. The van der Waals surface area contributed by atoms with Crippen LogP contribution in [-0.4, -0.2) is 11.7 Å². The third-order valence-electron chi connectivity index (χ3n) is 1.72. The second-order valence-electron chi connectivity index (χ2n) is 3.03. The fourth-order valence-corrected chi connectivity index (χ4v) is 2.54. The van der Waals surface area contributed by atoms with E-state index in [0.717, 1.165) is 23.1 Å². The van der Waals surface area contributed by atoms with Crippen molar-refractivity contribution in [3.8, 4) is 5.75 Å². The van der Waals surface area contributed by atoms with Gasteiger partial charge in [0.05, 0.1) is 8.95 Å². The summed E-state index contributed by atoms with van der Waals surface area (Å²) in [7, 11) is 0. The van der Waals surface area contributed by atoms with Gasteiger partial charge < -0.3 is 10.4 Å². The lowest BCUT2D eigenvalue weighted by molar-refractivity contribution is 0.468. The molecule has 82 valence electrons. The van der Waals surface area contributed by atoms with E-state index in [1.54, 1.807) is 0 Å². The fraction of sp³-hybridized carbons (Fsp3) is 0.200. The highest BCUT2D eigenvalue weighted by Crippen LogP contribution is 2.33. The minimum absolute atomic E-state index is 0.226. The van der Waals surface area contributed by atoms with Gasteiger partial charge in [-0.15, -0.1) is 0 Å². The van der Waals surface area contributed by atoms with Gasteiger partial charge in [0.25, 0.3) is 0 Å². The third kappa shape index (κ3) is 4.26. The summed E-state index contributed by atoms with van der Waals surface area (Å²) in [4.78, 5) is 0. The predicted molar refractivity (Wildman–Crippen MR) is 73.3 cm³/mol. The van der Waals surface area contributed by atoms with Crippen LogP contribution in [0.4, 0.5) is 0 Å². The van der Waals surface area contributed by atoms with Gasteiger partial charge in [-0.1, -0.05) is 22.5 Å². The highest BCUT2D eigenvalue weighted by molar-refractivity contribution is 9.11. The molecule has 0 aliphatic heterocycles. The van der Waals surface area contributed by atoms with Crippen LogP contribution in [0.15, 0.2) is 32.1 Å². The van der Waals surface area contributed by atoms with Gasteiger partial charge in [0, 0.05) is 17.6 Å². The molecule has 5 heteroatoms. The summed E-state index contributed by atoms with van der Waals surface area (Å²) in [5, 5.41) is 12.7. The van der Waals surface area contributed by atoms with Crippen molar-refractivity contribution in [2.45, 2.75) is 6.54 Å². The lowest BCUT2D eigenvalue weighted by Gasteiger charge is -2.07. The number of nitrogens with one attached hydrogen (secondary N) is 1. The minimum Gasteiger partial charge on any atom is -0.506 e. The Morgan fingerprint density at radius 3 is 2.33 bits per heavy atom. The van der Waals surface area contributed by atoms with E-state index in [-0.39, 0.29) is 5.75 Å². The molecule has 0 aliphatic carbocycles. The Bertz CT molecular complexity index is 356. The Morgan fingerprint density at radius 1 is 1.33 bits per heavy atom. The van der Waals surface area contributed by atoms with E-state index < -0.39 is 0 Å². The number of phenols is 1. The Kier molecular flexibility index (Phi) is 5.32. The van der Waals surface area contributed by atoms with E-state index >= 15 is 0 Å². The van der Waals surface area contributed by atoms with Crippen LogP contribution in [-0.2, 0) is 6.54 Å². The number of phenolic OH excluding ortho intramolecular Hbond substituents is 1. The average Bonchev–Trinajstić information content (AvgIpc) is 2.13. The van der Waals surface area contributed by atoms with Crippen molar-refractivity contribution in [1.29, 1.82) is 0 Å². The maximum absolute atomic E-state index is 9.51. The molecule has 0 atom stereocenters. The number of halogens is 3. The molecular formula is C10H10Br3NO. The summed E-state index contributed by atoms with van der Waals surface area (Å²) >= 11 is 9.84. The topological polar surface area (TPSA) is 32.3 Å². The summed E-state index contributed by atoms with van der Waals surface area (Å²) < 4.78 is 2.29. The quantitative estimate of drug-likeness (QED) is 0.804. The van der Waals surface area contributed by atoms with Crippen LogP contribution in [0.2, 0.25) is 0 Å². The number of benzene rings is 1. The Hall–Kier alpha value is 0.160. The highest BCUT2D eigenvalue weighted by Gasteiger charge is 2.05. The van der Waals surface area contributed by atoms with Crippen molar-refractivity contribution in [2.75, 3.05) is 6.54 Å². The molecule has 0 aromatic heterocycles. The zero-order chi connectivity index (χ0) is 11.4. The van der Waals surface area contributed by atoms with E-state index in [4.69, 9.17) is 0 Å². The molecule has 2 nitrogen and oxygen atoms in total. The molecule has 0 aliphatic rings. The van der Waals surface area contributed by atoms with Crippen molar-refractivity contribution in [3.63, 3.8) is 0 Å². The van der Waals surface area contributed by atoms with Gasteiger partial charge in [0.1, 0.15) is 5.75 Å². The van der Waals surface area contributed by atoms with Crippen molar-refractivity contribution in [2.24, 2.45) is 0 Å². The molecular weight excluding hydrogens is 390 g/mol.